The topological polar surface area (TPSA) is 110 Å². The first-order valence-electron chi connectivity index (χ1n) is 15.6. The molecular weight excluding hydrogens is 642 g/mol. The lowest BCUT2D eigenvalue weighted by Crippen LogP contribution is -2.72. The van der Waals surface area contributed by atoms with Crippen molar-refractivity contribution in [3.8, 4) is 28.3 Å². The van der Waals surface area contributed by atoms with Gasteiger partial charge in [-0.15, -0.1) is 0 Å². The molecule has 7 rings (SSSR count). The van der Waals surface area contributed by atoms with Gasteiger partial charge in [-0.1, -0.05) is 11.6 Å². The highest BCUT2D eigenvalue weighted by molar-refractivity contribution is 6.36. The van der Waals surface area contributed by atoms with Crippen molar-refractivity contribution in [3.05, 3.63) is 91.9 Å². The van der Waals surface area contributed by atoms with Gasteiger partial charge in [0.1, 0.15) is 17.2 Å². The van der Waals surface area contributed by atoms with Crippen molar-refractivity contribution in [3.63, 3.8) is 0 Å². The Balaban J connectivity index is 1.21. The molecule has 0 bridgehead atoms. The van der Waals surface area contributed by atoms with Gasteiger partial charge >= 0.3 is 0 Å². The van der Waals surface area contributed by atoms with Crippen LogP contribution in [-0.2, 0) is 18.3 Å². The van der Waals surface area contributed by atoms with Crippen LogP contribution in [-0.4, -0.2) is 69.7 Å². The van der Waals surface area contributed by atoms with E-state index in [0.717, 1.165) is 60.9 Å². The highest BCUT2D eigenvalue weighted by Crippen LogP contribution is 2.50. The summed E-state index contributed by atoms with van der Waals surface area (Å²) in [6.07, 6.45) is 3.00. The minimum Gasteiger partial charge on any atom is -0.481 e. The summed E-state index contributed by atoms with van der Waals surface area (Å²) >= 11 is 6.90. The van der Waals surface area contributed by atoms with E-state index in [9.17, 15) is 14.4 Å². The van der Waals surface area contributed by atoms with Gasteiger partial charge in [-0.3, -0.25) is 19.3 Å². The number of halogens is 3. The summed E-state index contributed by atoms with van der Waals surface area (Å²) in [6.45, 7) is 6.53. The molecular formula is C35H33ClF2N6O4. The van der Waals surface area contributed by atoms with Gasteiger partial charge in [-0.2, -0.15) is 5.10 Å². The number of nitrogens with one attached hydrogen (secondary N) is 1. The van der Waals surface area contributed by atoms with E-state index in [-0.39, 0.29) is 50.3 Å². The molecule has 13 heteroatoms. The van der Waals surface area contributed by atoms with Gasteiger partial charge in [0.25, 0.3) is 11.5 Å². The van der Waals surface area contributed by atoms with Crippen LogP contribution < -0.4 is 15.6 Å². The van der Waals surface area contributed by atoms with E-state index in [1.807, 2.05) is 11.0 Å². The van der Waals surface area contributed by atoms with E-state index >= 15 is 8.78 Å². The van der Waals surface area contributed by atoms with Crippen LogP contribution in [0.2, 0.25) is 5.02 Å². The Morgan fingerprint density at radius 2 is 1.77 bits per heavy atom. The maximum Gasteiger partial charge on any atom is 0.279 e. The molecule has 4 aromatic rings. The number of ether oxygens (including phenoxy) is 1. The van der Waals surface area contributed by atoms with E-state index in [0.29, 0.717) is 17.1 Å². The predicted molar refractivity (Wildman–Crippen MR) is 176 cm³/mol. The standard InChI is InChI=1S/C35H33ClF2N6O4/c1-18-25(40-32(46)22-11-12-39-42(3)34(22)47)9-8-23(37)28(18)30-24(38)7-6-21(31(30)36)26-13-20-5-10-27(29(20)33(41-26)48-4)44-16-35(17-44)14-43(15-35)19(2)45/h6-9,11-13,27H,5,10,14-17H2,1-4H3,(H,40,46)/t27-/m0/s1. The van der Waals surface area contributed by atoms with Gasteiger partial charge < -0.3 is 15.0 Å². The molecule has 10 nitrogen and oxygen atoms in total. The number of amides is 2. The number of benzene rings is 2. The normalized spacial score (nSPS) is 17.9. The minimum atomic E-state index is -0.753. The van der Waals surface area contributed by atoms with Gasteiger partial charge in [0.15, 0.2) is 0 Å². The van der Waals surface area contributed by atoms with Crippen LogP contribution in [0.3, 0.4) is 0 Å². The van der Waals surface area contributed by atoms with Crippen LogP contribution in [0.4, 0.5) is 14.5 Å². The molecule has 1 N–H and O–H groups in total. The molecule has 0 unspecified atom stereocenters. The SMILES string of the molecule is COc1nc(-c2ccc(F)c(-c3c(F)ccc(NC(=O)c4ccnn(C)c4=O)c3C)c2Cl)cc2c1[C@@H](N1CC3(CN(C(C)=O)C3)C1)CC2. The van der Waals surface area contributed by atoms with E-state index < -0.39 is 23.1 Å². The summed E-state index contributed by atoms with van der Waals surface area (Å²) in [5.74, 6) is -1.64. The molecule has 2 saturated heterocycles. The molecule has 3 aliphatic rings. The monoisotopic (exact) mass is 674 g/mol. The predicted octanol–water partition coefficient (Wildman–Crippen LogP) is 5.16. The van der Waals surface area contributed by atoms with Gasteiger partial charge in [0, 0.05) is 85.7 Å². The molecule has 48 heavy (non-hydrogen) atoms. The molecule has 2 aromatic heterocycles. The minimum absolute atomic E-state index is 0.0442. The zero-order valence-electron chi connectivity index (χ0n) is 26.9. The van der Waals surface area contributed by atoms with Crippen LogP contribution in [0, 0.1) is 24.0 Å². The molecule has 248 valence electrons. The highest BCUT2D eigenvalue weighted by atomic mass is 35.5. The van der Waals surface area contributed by atoms with Crippen LogP contribution in [0.25, 0.3) is 22.4 Å². The van der Waals surface area contributed by atoms with Crippen molar-refractivity contribution >= 4 is 29.1 Å². The first-order chi connectivity index (χ1) is 22.9. The molecule has 0 radical (unpaired) electrons. The Morgan fingerprint density at radius 3 is 2.48 bits per heavy atom. The van der Waals surface area contributed by atoms with Gasteiger partial charge in [-0.05, 0) is 67.3 Å². The molecule has 2 aliphatic heterocycles. The molecule has 2 amide bonds. The first-order valence-corrected chi connectivity index (χ1v) is 16.0. The molecule has 1 aliphatic carbocycles. The van der Waals surface area contributed by atoms with Crippen molar-refractivity contribution in [2.75, 3.05) is 38.6 Å². The quantitative estimate of drug-likeness (QED) is 0.301. The summed E-state index contributed by atoms with van der Waals surface area (Å²) in [5, 5.41) is 6.42. The number of fused-ring (bicyclic) bond motifs is 1. The summed E-state index contributed by atoms with van der Waals surface area (Å²) in [6, 6.07) is 8.55. The van der Waals surface area contributed by atoms with E-state index in [4.69, 9.17) is 21.3 Å². The smallest absolute Gasteiger partial charge is 0.279 e. The summed E-state index contributed by atoms with van der Waals surface area (Å²) in [5.41, 5.74) is 2.44. The van der Waals surface area contributed by atoms with Crippen LogP contribution in [0.15, 0.2) is 47.4 Å². The largest absolute Gasteiger partial charge is 0.481 e. The second-order valence-electron chi connectivity index (χ2n) is 12.9. The molecule has 4 heterocycles. The number of hydrogen-bond acceptors (Lipinski definition) is 7. The number of likely N-dealkylation sites (tertiary alicyclic amines) is 2. The first kappa shape index (κ1) is 31.9. The summed E-state index contributed by atoms with van der Waals surface area (Å²) < 4.78 is 38.0. The van der Waals surface area contributed by atoms with E-state index in [1.54, 1.807) is 21.0 Å². The number of methoxy groups -OCH3 is 1. The zero-order chi connectivity index (χ0) is 34.1. The van der Waals surface area contributed by atoms with Crippen molar-refractivity contribution in [1.29, 1.82) is 0 Å². The van der Waals surface area contributed by atoms with E-state index in [2.05, 4.69) is 15.3 Å². The summed E-state index contributed by atoms with van der Waals surface area (Å²) in [4.78, 5) is 46.2. The van der Waals surface area contributed by atoms with Crippen LogP contribution >= 0.6 is 11.6 Å². The lowest BCUT2D eigenvalue weighted by atomic mass is 9.72. The number of pyridine rings is 1. The Hall–Kier alpha value is -4.68. The number of carbonyl (C=O) groups is 2. The van der Waals surface area contributed by atoms with Crippen LogP contribution in [0.1, 0.15) is 46.4 Å². The summed E-state index contributed by atoms with van der Waals surface area (Å²) in [7, 11) is 2.98. The lowest BCUT2D eigenvalue weighted by molar-refractivity contribution is -0.161. The second kappa shape index (κ2) is 11.8. The van der Waals surface area contributed by atoms with Gasteiger partial charge in [-0.25, -0.2) is 18.4 Å². The zero-order valence-corrected chi connectivity index (χ0v) is 27.6. The fourth-order valence-corrected chi connectivity index (χ4v) is 7.78. The average Bonchev–Trinajstić information content (AvgIpc) is 3.43. The third-order valence-electron chi connectivity index (χ3n) is 9.87. The second-order valence-corrected chi connectivity index (χ2v) is 13.3. The number of rotatable bonds is 6. The molecule has 1 atom stereocenters. The Labute approximate surface area is 280 Å². The molecule has 2 aromatic carbocycles. The highest BCUT2D eigenvalue weighted by Gasteiger charge is 2.55. The number of carbonyl (C=O) groups excluding carboxylic acids is 2. The van der Waals surface area contributed by atoms with Gasteiger partial charge in [0.05, 0.1) is 17.8 Å². The Morgan fingerprint density at radius 1 is 1.06 bits per heavy atom. The number of aryl methyl sites for hydroxylation is 2. The van der Waals surface area contributed by atoms with Crippen molar-refractivity contribution in [2.45, 2.75) is 32.7 Å². The average molecular weight is 675 g/mol. The van der Waals surface area contributed by atoms with Crippen molar-refractivity contribution in [1.82, 2.24) is 24.6 Å². The number of nitrogens with zero attached hydrogens (tertiary/aromatic N) is 5. The molecule has 2 fully saturated rings. The van der Waals surface area contributed by atoms with Crippen molar-refractivity contribution < 1.29 is 23.1 Å². The number of hydrogen-bond donors (Lipinski definition) is 1. The van der Waals surface area contributed by atoms with E-state index in [1.165, 1.54) is 37.5 Å². The number of aromatic nitrogens is 3. The maximum atomic E-state index is 15.6. The Bertz CT molecular complexity index is 2070. The molecule has 1 spiro atoms. The Kier molecular flexibility index (Phi) is 7.83. The van der Waals surface area contributed by atoms with Gasteiger partial charge in [0.2, 0.25) is 11.8 Å². The lowest BCUT2D eigenvalue weighted by Gasteiger charge is -2.61. The third kappa shape index (κ3) is 5.14. The third-order valence-corrected chi connectivity index (χ3v) is 10.3. The number of anilines is 1. The molecule has 0 saturated carbocycles. The van der Waals surface area contributed by atoms with Crippen molar-refractivity contribution in [2.24, 2.45) is 12.5 Å². The van der Waals surface area contributed by atoms with Crippen LogP contribution in [0.5, 0.6) is 5.88 Å². The fraction of sp³-hybridized carbons (Fsp3) is 0.343. The maximum absolute atomic E-state index is 15.6. The fourth-order valence-electron chi connectivity index (χ4n) is 7.43.